The zero-order chi connectivity index (χ0) is 17.4. The summed E-state index contributed by atoms with van der Waals surface area (Å²) in [5.74, 6) is 1.91. The van der Waals surface area contributed by atoms with Gasteiger partial charge in [0.25, 0.3) is 0 Å². The van der Waals surface area contributed by atoms with E-state index in [1.165, 1.54) is 32.1 Å². The minimum Gasteiger partial charge on any atom is -0.323 e. The number of carbonyl (C=O) groups excluding carboxylic acids is 1. The van der Waals surface area contributed by atoms with Crippen molar-refractivity contribution < 1.29 is 4.79 Å². The highest BCUT2D eigenvalue weighted by Gasteiger charge is 2.35. The van der Waals surface area contributed by atoms with Crippen LogP contribution in [0.3, 0.4) is 0 Å². The first kappa shape index (κ1) is 16.4. The Morgan fingerprint density at radius 3 is 2.64 bits per heavy atom. The summed E-state index contributed by atoms with van der Waals surface area (Å²) in [4.78, 5) is 12.9. The van der Waals surface area contributed by atoms with Gasteiger partial charge in [0.15, 0.2) is 0 Å². The van der Waals surface area contributed by atoms with Gasteiger partial charge >= 0.3 is 0 Å². The number of anilines is 1. The predicted molar refractivity (Wildman–Crippen MR) is 96.8 cm³/mol. The van der Waals surface area contributed by atoms with E-state index in [2.05, 4.69) is 15.5 Å². The third-order valence-corrected chi connectivity index (χ3v) is 5.98. The smallest absolute Gasteiger partial charge is 0.227 e. The average Bonchev–Trinajstić information content (AvgIpc) is 3.19. The van der Waals surface area contributed by atoms with Crippen LogP contribution in [0, 0.1) is 17.8 Å². The molecule has 25 heavy (non-hydrogen) atoms. The SMILES string of the molecule is Cn1cc(-c2nn(C)cc2NC(=O)C2CCC3CCCCC3C2)cn1. The van der Waals surface area contributed by atoms with E-state index in [9.17, 15) is 4.79 Å². The molecule has 2 saturated carbocycles. The van der Waals surface area contributed by atoms with Crippen molar-refractivity contribution in [2.75, 3.05) is 5.32 Å². The summed E-state index contributed by atoms with van der Waals surface area (Å²) in [6.07, 6.45) is 14.3. The highest BCUT2D eigenvalue weighted by atomic mass is 16.1. The molecule has 134 valence electrons. The molecule has 2 aliphatic carbocycles. The first-order chi connectivity index (χ1) is 12.1. The molecule has 0 saturated heterocycles. The lowest BCUT2D eigenvalue weighted by Crippen LogP contribution is -2.33. The third-order valence-electron chi connectivity index (χ3n) is 5.98. The number of hydrogen-bond acceptors (Lipinski definition) is 3. The van der Waals surface area contributed by atoms with E-state index in [1.54, 1.807) is 15.6 Å². The topological polar surface area (TPSA) is 64.7 Å². The van der Waals surface area contributed by atoms with Gasteiger partial charge in [-0.05, 0) is 31.1 Å². The van der Waals surface area contributed by atoms with Crippen LogP contribution in [0.1, 0.15) is 44.9 Å². The molecule has 2 fully saturated rings. The molecule has 4 rings (SSSR count). The molecule has 2 heterocycles. The van der Waals surface area contributed by atoms with Crippen LogP contribution < -0.4 is 5.32 Å². The Kier molecular flexibility index (Phi) is 4.36. The third kappa shape index (κ3) is 3.34. The van der Waals surface area contributed by atoms with E-state index in [1.807, 2.05) is 26.5 Å². The van der Waals surface area contributed by atoms with Crippen molar-refractivity contribution in [1.29, 1.82) is 0 Å². The summed E-state index contributed by atoms with van der Waals surface area (Å²) in [5, 5.41) is 11.9. The quantitative estimate of drug-likeness (QED) is 0.931. The fourth-order valence-corrected chi connectivity index (χ4v) is 4.68. The van der Waals surface area contributed by atoms with Gasteiger partial charge < -0.3 is 5.32 Å². The van der Waals surface area contributed by atoms with E-state index in [4.69, 9.17) is 0 Å². The van der Waals surface area contributed by atoms with E-state index in [0.717, 1.165) is 41.6 Å². The van der Waals surface area contributed by atoms with Crippen molar-refractivity contribution in [2.45, 2.75) is 44.9 Å². The van der Waals surface area contributed by atoms with E-state index < -0.39 is 0 Å². The second-order valence-corrected chi connectivity index (χ2v) is 7.77. The summed E-state index contributed by atoms with van der Waals surface area (Å²) in [7, 11) is 3.76. The Hall–Kier alpha value is -2.11. The van der Waals surface area contributed by atoms with Crippen molar-refractivity contribution in [2.24, 2.45) is 31.8 Å². The molecule has 2 aromatic heterocycles. The summed E-state index contributed by atoms with van der Waals surface area (Å²) in [6.45, 7) is 0. The minimum absolute atomic E-state index is 0.140. The molecule has 0 aromatic carbocycles. The van der Waals surface area contributed by atoms with Gasteiger partial charge in [-0.1, -0.05) is 25.7 Å². The maximum Gasteiger partial charge on any atom is 0.227 e. The van der Waals surface area contributed by atoms with E-state index >= 15 is 0 Å². The van der Waals surface area contributed by atoms with E-state index in [0.29, 0.717) is 0 Å². The maximum atomic E-state index is 12.9. The number of nitrogens with zero attached hydrogens (tertiary/aromatic N) is 4. The molecule has 3 atom stereocenters. The molecule has 1 N–H and O–H groups in total. The van der Waals surface area contributed by atoms with Crippen LogP contribution in [0.15, 0.2) is 18.6 Å². The van der Waals surface area contributed by atoms with Crippen LogP contribution in [0.2, 0.25) is 0 Å². The number of nitrogens with one attached hydrogen (secondary N) is 1. The standard InChI is InChI=1S/C19H27N5O/c1-23-11-16(10-20-23)18-17(12-24(2)22-18)21-19(25)15-8-7-13-5-3-4-6-14(13)9-15/h10-15H,3-9H2,1-2H3,(H,21,25). The van der Waals surface area contributed by atoms with Gasteiger partial charge in [0.2, 0.25) is 5.91 Å². The predicted octanol–water partition coefficient (Wildman–Crippen LogP) is 3.37. The number of aryl methyl sites for hydroxylation is 2. The molecule has 6 nitrogen and oxygen atoms in total. The molecule has 0 aliphatic heterocycles. The van der Waals surface area contributed by atoms with Crippen molar-refractivity contribution in [3.8, 4) is 11.3 Å². The van der Waals surface area contributed by atoms with Gasteiger partial charge in [-0.2, -0.15) is 10.2 Å². The fourth-order valence-electron chi connectivity index (χ4n) is 4.68. The molecular weight excluding hydrogens is 314 g/mol. The van der Waals surface area contributed by atoms with Gasteiger partial charge in [0.05, 0.1) is 11.9 Å². The largest absolute Gasteiger partial charge is 0.323 e. The first-order valence-corrected chi connectivity index (χ1v) is 9.43. The van der Waals surface area contributed by atoms with E-state index in [-0.39, 0.29) is 11.8 Å². The van der Waals surface area contributed by atoms with Gasteiger partial charge in [0, 0.05) is 38.0 Å². The highest BCUT2D eigenvalue weighted by molar-refractivity contribution is 5.95. The molecule has 3 unspecified atom stereocenters. The number of hydrogen-bond donors (Lipinski definition) is 1. The van der Waals surface area contributed by atoms with Crippen LogP contribution >= 0.6 is 0 Å². The Morgan fingerprint density at radius 2 is 1.88 bits per heavy atom. The van der Waals surface area contributed by atoms with Crippen molar-refractivity contribution in [3.05, 3.63) is 18.6 Å². The van der Waals surface area contributed by atoms with Crippen LogP contribution in [0.25, 0.3) is 11.3 Å². The van der Waals surface area contributed by atoms with Gasteiger partial charge in [-0.25, -0.2) is 0 Å². The molecule has 0 spiro atoms. The number of carbonyl (C=O) groups is 1. The zero-order valence-corrected chi connectivity index (χ0v) is 15.1. The van der Waals surface area contributed by atoms with Crippen LogP contribution in [0.5, 0.6) is 0 Å². The Labute approximate surface area is 148 Å². The summed E-state index contributed by atoms with van der Waals surface area (Å²) < 4.78 is 3.50. The fraction of sp³-hybridized carbons (Fsp3) is 0.632. The number of aromatic nitrogens is 4. The lowest BCUT2D eigenvalue weighted by Gasteiger charge is -2.38. The normalized spacial score (nSPS) is 26.2. The molecule has 2 aromatic rings. The molecule has 0 radical (unpaired) electrons. The molecule has 6 heteroatoms. The second-order valence-electron chi connectivity index (χ2n) is 7.77. The van der Waals surface area contributed by atoms with Gasteiger partial charge in [-0.15, -0.1) is 0 Å². The lowest BCUT2D eigenvalue weighted by atomic mass is 9.67. The van der Waals surface area contributed by atoms with Gasteiger partial charge in [-0.3, -0.25) is 14.2 Å². The van der Waals surface area contributed by atoms with Crippen molar-refractivity contribution in [3.63, 3.8) is 0 Å². The van der Waals surface area contributed by atoms with Crippen molar-refractivity contribution >= 4 is 11.6 Å². The Balaban J connectivity index is 1.48. The van der Waals surface area contributed by atoms with Crippen LogP contribution in [-0.4, -0.2) is 25.5 Å². The molecule has 1 amide bonds. The number of amides is 1. The maximum absolute atomic E-state index is 12.9. The van der Waals surface area contributed by atoms with Gasteiger partial charge in [0.1, 0.15) is 5.69 Å². The van der Waals surface area contributed by atoms with Crippen molar-refractivity contribution in [1.82, 2.24) is 19.6 Å². The second kappa shape index (κ2) is 6.65. The highest BCUT2D eigenvalue weighted by Crippen LogP contribution is 2.43. The summed E-state index contributed by atoms with van der Waals surface area (Å²) >= 11 is 0. The molecule has 2 aliphatic rings. The Bertz CT molecular complexity index is 762. The van der Waals surface area contributed by atoms with Crippen LogP contribution in [-0.2, 0) is 18.9 Å². The molecule has 0 bridgehead atoms. The summed E-state index contributed by atoms with van der Waals surface area (Å²) in [5.41, 5.74) is 2.50. The summed E-state index contributed by atoms with van der Waals surface area (Å²) in [6, 6.07) is 0. The average molecular weight is 341 g/mol. The number of fused-ring (bicyclic) bond motifs is 1. The van der Waals surface area contributed by atoms with Crippen LogP contribution in [0.4, 0.5) is 5.69 Å². The minimum atomic E-state index is 0.140. The zero-order valence-electron chi connectivity index (χ0n) is 15.1. The lowest BCUT2D eigenvalue weighted by molar-refractivity contribution is -0.122. The monoisotopic (exact) mass is 341 g/mol. The Morgan fingerprint density at radius 1 is 1.08 bits per heavy atom. The molecular formula is C19H27N5O. The number of rotatable bonds is 3. The first-order valence-electron chi connectivity index (χ1n) is 9.43.